The predicted molar refractivity (Wildman–Crippen MR) is 128 cm³/mol. The minimum atomic E-state index is -0.220. The van der Waals surface area contributed by atoms with E-state index in [1.54, 1.807) is 18.4 Å². The molecule has 0 radical (unpaired) electrons. The van der Waals surface area contributed by atoms with Crippen molar-refractivity contribution in [3.63, 3.8) is 0 Å². The third-order valence-electron chi connectivity index (χ3n) is 5.05. The van der Waals surface area contributed by atoms with Crippen LogP contribution in [0.25, 0.3) is 11.5 Å². The topological polar surface area (TPSA) is 70.9 Å². The second-order valence-electron chi connectivity index (χ2n) is 7.13. The molecule has 0 unspecified atom stereocenters. The molecule has 1 aromatic heterocycles. The van der Waals surface area contributed by atoms with Crippen LogP contribution in [0.1, 0.15) is 11.3 Å². The number of hydrogen-bond acceptors (Lipinski definition) is 4. The van der Waals surface area contributed by atoms with Crippen molar-refractivity contribution in [3.05, 3.63) is 71.9 Å². The Morgan fingerprint density at radius 1 is 1.07 bits per heavy atom. The molecule has 8 heteroatoms. The van der Waals surface area contributed by atoms with Crippen molar-refractivity contribution < 1.29 is 8.81 Å². The van der Waals surface area contributed by atoms with E-state index in [2.05, 4.69) is 19.8 Å². The highest BCUT2D eigenvalue weighted by Gasteiger charge is 2.18. The van der Waals surface area contributed by atoms with Gasteiger partial charge in [0.1, 0.15) is 17.8 Å². The van der Waals surface area contributed by atoms with Crippen molar-refractivity contribution in [1.29, 1.82) is 0 Å². The number of aliphatic imine (C=N–C) groups is 1. The van der Waals surface area contributed by atoms with Gasteiger partial charge in [-0.05, 0) is 43.3 Å². The molecule has 1 aliphatic rings. The van der Waals surface area contributed by atoms with Crippen LogP contribution in [0.3, 0.4) is 0 Å². The Kier molecular flexibility index (Phi) is 7.30. The molecule has 0 amide bonds. The number of guanidine groups is 1. The molecule has 2 aromatic carbocycles. The van der Waals surface area contributed by atoms with Gasteiger partial charge in [-0.2, -0.15) is 0 Å². The van der Waals surface area contributed by atoms with E-state index in [0.717, 1.165) is 43.1 Å². The molecule has 0 atom stereocenters. The van der Waals surface area contributed by atoms with E-state index in [0.29, 0.717) is 18.4 Å². The standard InChI is InChI=1S/C22H24FN5O.HI/c1-16-2-4-17(5-3-16)21-26-19(15-29-21)14-25-22(24)28-12-10-27(11-13-28)20-8-6-18(23)7-9-20;/h2-9,15H,10-14H2,1H3,(H2,24,25);1H. The predicted octanol–water partition coefficient (Wildman–Crippen LogP) is 4.04. The van der Waals surface area contributed by atoms with Gasteiger partial charge < -0.3 is 20.0 Å². The minimum absolute atomic E-state index is 0. The van der Waals surface area contributed by atoms with E-state index in [9.17, 15) is 4.39 Å². The van der Waals surface area contributed by atoms with Crippen molar-refractivity contribution in [1.82, 2.24) is 9.88 Å². The van der Waals surface area contributed by atoms with Crippen LogP contribution in [0.5, 0.6) is 0 Å². The third-order valence-corrected chi connectivity index (χ3v) is 5.05. The van der Waals surface area contributed by atoms with Crippen molar-refractivity contribution in [2.24, 2.45) is 10.7 Å². The smallest absolute Gasteiger partial charge is 0.226 e. The number of halogens is 2. The summed E-state index contributed by atoms with van der Waals surface area (Å²) in [5, 5.41) is 0. The Hall–Kier alpha value is -2.62. The quantitative estimate of drug-likeness (QED) is 0.319. The van der Waals surface area contributed by atoms with E-state index >= 15 is 0 Å². The fourth-order valence-electron chi connectivity index (χ4n) is 3.32. The zero-order valence-corrected chi connectivity index (χ0v) is 19.1. The molecule has 3 aromatic rings. The van der Waals surface area contributed by atoms with E-state index in [1.807, 2.05) is 31.2 Å². The maximum atomic E-state index is 13.1. The summed E-state index contributed by atoms with van der Waals surface area (Å²) >= 11 is 0. The van der Waals surface area contributed by atoms with Crippen LogP contribution < -0.4 is 10.6 Å². The van der Waals surface area contributed by atoms with Crippen molar-refractivity contribution in [2.45, 2.75) is 13.5 Å². The number of piperazine rings is 1. The van der Waals surface area contributed by atoms with E-state index < -0.39 is 0 Å². The Morgan fingerprint density at radius 3 is 2.40 bits per heavy atom. The van der Waals surface area contributed by atoms with Gasteiger partial charge in [-0.3, -0.25) is 0 Å². The Morgan fingerprint density at radius 2 is 1.73 bits per heavy atom. The molecule has 6 nitrogen and oxygen atoms in total. The Balaban J connectivity index is 0.00000256. The molecule has 0 aliphatic carbocycles. The fraction of sp³-hybridized carbons (Fsp3) is 0.273. The monoisotopic (exact) mass is 521 g/mol. The Bertz CT molecular complexity index is 980. The lowest BCUT2D eigenvalue weighted by Crippen LogP contribution is -2.51. The van der Waals surface area contributed by atoms with E-state index in [1.165, 1.54) is 17.7 Å². The summed E-state index contributed by atoms with van der Waals surface area (Å²) in [6.45, 7) is 5.56. The number of hydrogen-bond donors (Lipinski definition) is 1. The fourth-order valence-corrected chi connectivity index (χ4v) is 3.32. The first kappa shape index (κ1) is 22.1. The molecule has 0 bridgehead atoms. The largest absolute Gasteiger partial charge is 0.444 e. The number of nitrogens with zero attached hydrogens (tertiary/aromatic N) is 4. The van der Waals surface area contributed by atoms with Gasteiger partial charge >= 0.3 is 0 Å². The van der Waals surface area contributed by atoms with E-state index in [-0.39, 0.29) is 29.8 Å². The lowest BCUT2D eigenvalue weighted by molar-refractivity contribution is 0.380. The highest BCUT2D eigenvalue weighted by Crippen LogP contribution is 2.20. The third kappa shape index (κ3) is 5.29. The highest BCUT2D eigenvalue weighted by atomic mass is 127. The van der Waals surface area contributed by atoms with Crippen LogP contribution in [-0.2, 0) is 6.54 Å². The van der Waals surface area contributed by atoms with E-state index in [4.69, 9.17) is 10.2 Å². The molecule has 1 fully saturated rings. The summed E-state index contributed by atoms with van der Waals surface area (Å²) in [5.74, 6) is 0.868. The summed E-state index contributed by atoms with van der Waals surface area (Å²) < 4.78 is 18.7. The number of benzene rings is 2. The molecular formula is C22H25FIN5O. The summed E-state index contributed by atoms with van der Waals surface area (Å²) in [6.07, 6.45) is 1.62. The molecule has 1 aliphatic heterocycles. The number of anilines is 1. The van der Waals surface area contributed by atoms with Gasteiger partial charge in [-0.1, -0.05) is 17.7 Å². The van der Waals surface area contributed by atoms with Crippen LogP contribution >= 0.6 is 24.0 Å². The summed E-state index contributed by atoms with van der Waals surface area (Å²) in [7, 11) is 0. The van der Waals surface area contributed by atoms with Gasteiger partial charge in [0.25, 0.3) is 0 Å². The molecule has 2 heterocycles. The summed E-state index contributed by atoms with van der Waals surface area (Å²) in [6, 6.07) is 14.6. The number of aromatic nitrogens is 1. The summed E-state index contributed by atoms with van der Waals surface area (Å²) in [4.78, 5) is 13.3. The SMILES string of the molecule is Cc1ccc(-c2nc(CN=C(N)N3CCN(c4ccc(F)cc4)CC3)co2)cc1.I. The second kappa shape index (κ2) is 9.92. The number of aryl methyl sites for hydroxylation is 1. The first-order valence-corrected chi connectivity index (χ1v) is 9.65. The van der Waals surface area contributed by atoms with Gasteiger partial charge in [0.15, 0.2) is 5.96 Å². The molecule has 2 N–H and O–H groups in total. The molecule has 4 rings (SSSR count). The zero-order valence-electron chi connectivity index (χ0n) is 16.8. The minimum Gasteiger partial charge on any atom is -0.444 e. The van der Waals surface area contributed by atoms with Crippen molar-refractivity contribution in [3.8, 4) is 11.5 Å². The van der Waals surface area contributed by atoms with Gasteiger partial charge in [-0.25, -0.2) is 14.4 Å². The molecule has 1 saturated heterocycles. The first-order chi connectivity index (χ1) is 14.1. The van der Waals surface area contributed by atoms with Crippen LogP contribution in [0.4, 0.5) is 10.1 Å². The number of oxazole rings is 1. The normalized spacial score (nSPS) is 14.5. The van der Waals surface area contributed by atoms with Crippen LogP contribution in [0.2, 0.25) is 0 Å². The number of rotatable bonds is 4. The zero-order chi connectivity index (χ0) is 20.2. The molecule has 30 heavy (non-hydrogen) atoms. The molecular weight excluding hydrogens is 496 g/mol. The summed E-state index contributed by atoms with van der Waals surface area (Å²) in [5.41, 5.74) is 10.1. The second-order valence-corrected chi connectivity index (χ2v) is 7.13. The molecule has 158 valence electrons. The highest BCUT2D eigenvalue weighted by molar-refractivity contribution is 14.0. The lowest BCUT2D eigenvalue weighted by Gasteiger charge is -2.36. The molecule has 0 saturated carbocycles. The maximum absolute atomic E-state index is 13.1. The van der Waals surface area contributed by atoms with Gasteiger partial charge in [0, 0.05) is 37.4 Å². The van der Waals surface area contributed by atoms with Crippen LogP contribution in [0.15, 0.2) is 64.2 Å². The van der Waals surface area contributed by atoms with Crippen molar-refractivity contribution >= 4 is 35.6 Å². The average molecular weight is 521 g/mol. The van der Waals surface area contributed by atoms with Crippen LogP contribution in [-0.4, -0.2) is 42.0 Å². The molecule has 0 spiro atoms. The Labute approximate surface area is 192 Å². The van der Waals surface area contributed by atoms with Gasteiger partial charge in [0.2, 0.25) is 5.89 Å². The number of nitrogens with two attached hydrogens (primary N) is 1. The van der Waals surface area contributed by atoms with Crippen LogP contribution in [0, 0.1) is 12.7 Å². The lowest BCUT2D eigenvalue weighted by atomic mass is 10.1. The first-order valence-electron chi connectivity index (χ1n) is 9.65. The van der Waals surface area contributed by atoms with Crippen molar-refractivity contribution in [2.75, 3.05) is 31.1 Å². The van der Waals surface area contributed by atoms with Gasteiger partial charge in [0.05, 0.1) is 6.54 Å². The van der Waals surface area contributed by atoms with Gasteiger partial charge in [-0.15, -0.1) is 24.0 Å². The maximum Gasteiger partial charge on any atom is 0.226 e. The average Bonchev–Trinajstić information content (AvgIpc) is 3.22.